The van der Waals surface area contributed by atoms with Crippen molar-refractivity contribution in [3.05, 3.63) is 0 Å². The summed E-state index contributed by atoms with van der Waals surface area (Å²) in [6.45, 7) is 0. The normalized spacial score (nSPS) is 13.0. The van der Waals surface area contributed by atoms with Crippen molar-refractivity contribution in [1.82, 2.24) is 0 Å². The molecular weight excluding hydrogens is 200 g/mol. The van der Waals surface area contributed by atoms with E-state index in [-0.39, 0.29) is 6.42 Å². The van der Waals surface area contributed by atoms with Gasteiger partial charge in [-0.3, -0.25) is 4.79 Å². The summed E-state index contributed by atoms with van der Waals surface area (Å²) < 4.78 is 0. The lowest BCUT2D eigenvalue weighted by Crippen LogP contribution is -1.97. The molecular formula is C6H11BrO3. The lowest BCUT2D eigenvalue weighted by atomic mass is 10.2. The summed E-state index contributed by atoms with van der Waals surface area (Å²) >= 11 is 2.95. The quantitative estimate of drug-likeness (QED) is 0.533. The van der Waals surface area contributed by atoms with Crippen LogP contribution in [0.2, 0.25) is 0 Å². The standard InChI is InChI=1S/C6H11BrO3/c7-5(8)3-1-2-4-6(9)10/h5,8H,1-4H2,(H,9,10). The molecule has 0 aromatic carbocycles. The summed E-state index contributed by atoms with van der Waals surface area (Å²) in [5.74, 6) is -0.774. The van der Waals surface area contributed by atoms with Crippen molar-refractivity contribution in [3.8, 4) is 0 Å². The second-order valence-corrected chi connectivity index (χ2v) is 3.13. The summed E-state index contributed by atoms with van der Waals surface area (Å²) in [4.78, 5) is 9.97. The third-order valence-electron chi connectivity index (χ3n) is 1.08. The number of carbonyl (C=O) groups is 1. The Bertz CT molecular complexity index is 103. The maximum Gasteiger partial charge on any atom is 0.303 e. The molecule has 2 N–H and O–H groups in total. The van der Waals surface area contributed by atoms with Gasteiger partial charge in [0.25, 0.3) is 0 Å². The van der Waals surface area contributed by atoms with E-state index in [2.05, 4.69) is 15.9 Å². The molecule has 0 fully saturated rings. The summed E-state index contributed by atoms with van der Waals surface area (Å²) in [6, 6.07) is 0. The van der Waals surface area contributed by atoms with Crippen LogP contribution >= 0.6 is 15.9 Å². The van der Waals surface area contributed by atoms with Crippen molar-refractivity contribution in [2.45, 2.75) is 30.7 Å². The van der Waals surface area contributed by atoms with Gasteiger partial charge in [-0.1, -0.05) is 15.9 Å². The van der Waals surface area contributed by atoms with E-state index < -0.39 is 11.0 Å². The molecule has 0 saturated carbocycles. The second kappa shape index (κ2) is 5.68. The first-order chi connectivity index (χ1) is 4.63. The Labute approximate surface area is 68.2 Å². The van der Waals surface area contributed by atoms with E-state index in [1.54, 1.807) is 0 Å². The molecule has 1 unspecified atom stereocenters. The Kier molecular flexibility index (Phi) is 5.63. The number of hydrogen-bond acceptors (Lipinski definition) is 2. The highest BCUT2D eigenvalue weighted by atomic mass is 79.9. The molecule has 1 atom stereocenters. The fourth-order valence-corrected chi connectivity index (χ4v) is 0.913. The van der Waals surface area contributed by atoms with Crippen LogP contribution in [0.1, 0.15) is 25.7 Å². The summed E-state index contributed by atoms with van der Waals surface area (Å²) in [6.07, 6.45) is 2.20. The zero-order valence-electron chi connectivity index (χ0n) is 5.59. The Balaban J connectivity index is 2.98. The molecule has 60 valence electrons. The zero-order valence-corrected chi connectivity index (χ0v) is 7.17. The van der Waals surface area contributed by atoms with Crippen LogP contribution in [-0.4, -0.2) is 21.2 Å². The number of unbranched alkanes of at least 4 members (excludes halogenated alkanes) is 1. The number of rotatable bonds is 5. The first-order valence-electron chi connectivity index (χ1n) is 3.17. The highest BCUT2D eigenvalue weighted by molar-refractivity contribution is 9.09. The monoisotopic (exact) mass is 210 g/mol. The van der Waals surface area contributed by atoms with E-state index in [4.69, 9.17) is 10.2 Å². The van der Waals surface area contributed by atoms with E-state index in [9.17, 15) is 4.79 Å². The molecule has 0 aromatic rings. The van der Waals surface area contributed by atoms with Crippen molar-refractivity contribution in [2.24, 2.45) is 0 Å². The molecule has 0 bridgehead atoms. The first kappa shape index (κ1) is 9.91. The van der Waals surface area contributed by atoms with Gasteiger partial charge in [0.1, 0.15) is 5.01 Å². The van der Waals surface area contributed by atoms with E-state index in [0.717, 1.165) is 6.42 Å². The zero-order chi connectivity index (χ0) is 7.98. The number of carboxylic acids is 1. The SMILES string of the molecule is O=C(O)CCCCC(O)Br. The van der Waals surface area contributed by atoms with Gasteiger partial charge in [-0.05, 0) is 19.3 Å². The Morgan fingerprint density at radius 1 is 1.50 bits per heavy atom. The van der Waals surface area contributed by atoms with Crippen LogP contribution in [-0.2, 0) is 4.79 Å². The Hall–Kier alpha value is -0.0900. The highest BCUT2D eigenvalue weighted by Crippen LogP contribution is 2.07. The molecule has 0 heterocycles. The van der Waals surface area contributed by atoms with Crippen molar-refractivity contribution in [3.63, 3.8) is 0 Å². The van der Waals surface area contributed by atoms with Crippen LogP contribution < -0.4 is 0 Å². The summed E-state index contributed by atoms with van der Waals surface area (Å²) in [5.41, 5.74) is 0. The van der Waals surface area contributed by atoms with Crippen molar-refractivity contribution >= 4 is 21.9 Å². The van der Waals surface area contributed by atoms with E-state index in [1.165, 1.54) is 0 Å². The van der Waals surface area contributed by atoms with Gasteiger partial charge in [0.2, 0.25) is 0 Å². The van der Waals surface area contributed by atoms with Gasteiger partial charge in [0.15, 0.2) is 0 Å². The molecule has 0 amide bonds. The minimum absolute atomic E-state index is 0.194. The lowest BCUT2D eigenvalue weighted by molar-refractivity contribution is -0.137. The van der Waals surface area contributed by atoms with Crippen molar-refractivity contribution in [2.75, 3.05) is 0 Å². The van der Waals surface area contributed by atoms with Crippen LogP contribution in [0.25, 0.3) is 0 Å². The van der Waals surface area contributed by atoms with Crippen LogP contribution in [0.3, 0.4) is 0 Å². The molecule has 0 spiro atoms. The van der Waals surface area contributed by atoms with Gasteiger partial charge >= 0.3 is 5.97 Å². The molecule has 0 aromatic heterocycles. The van der Waals surface area contributed by atoms with Gasteiger partial charge in [-0.2, -0.15) is 0 Å². The number of aliphatic hydroxyl groups excluding tert-OH is 1. The van der Waals surface area contributed by atoms with E-state index >= 15 is 0 Å². The van der Waals surface area contributed by atoms with Gasteiger partial charge in [-0.25, -0.2) is 0 Å². The molecule has 0 aliphatic carbocycles. The van der Waals surface area contributed by atoms with Crippen LogP contribution in [0, 0.1) is 0 Å². The summed E-state index contributed by atoms with van der Waals surface area (Å²) in [7, 11) is 0. The lowest BCUT2D eigenvalue weighted by Gasteiger charge is -1.99. The smallest absolute Gasteiger partial charge is 0.303 e. The molecule has 10 heavy (non-hydrogen) atoms. The maximum absolute atomic E-state index is 9.97. The molecule has 4 heteroatoms. The van der Waals surface area contributed by atoms with Crippen LogP contribution in [0.5, 0.6) is 0 Å². The average Bonchev–Trinajstić information content (AvgIpc) is 1.79. The fourth-order valence-electron chi connectivity index (χ4n) is 0.589. The second-order valence-electron chi connectivity index (χ2n) is 2.07. The highest BCUT2D eigenvalue weighted by Gasteiger charge is 1.99. The topological polar surface area (TPSA) is 57.5 Å². The van der Waals surface area contributed by atoms with Crippen molar-refractivity contribution in [1.29, 1.82) is 0 Å². The first-order valence-corrected chi connectivity index (χ1v) is 4.08. The minimum atomic E-state index is -0.774. The van der Waals surface area contributed by atoms with Gasteiger partial charge in [0.05, 0.1) is 0 Å². The van der Waals surface area contributed by atoms with Crippen molar-refractivity contribution < 1.29 is 15.0 Å². The number of halogens is 1. The molecule has 0 aliphatic heterocycles. The van der Waals surface area contributed by atoms with Gasteiger partial charge in [0, 0.05) is 6.42 Å². The van der Waals surface area contributed by atoms with E-state index in [0.29, 0.717) is 12.8 Å². The molecule has 0 aliphatic rings. The number of hydrogen-bond donors (Lipinski definition) is 2. The number of aliphatic carboxylic acids is 1. The Morgan fingerprint density at radius 2 is 2.10 bits per heavy atom. The number of aliphatic hydroxyl groups is 1. The number of alkyl halides is 1. The maximum atomic E-state index is 9.97. The predicted molar refractivity (Wildman–Crippen MR) is 41.0 cm³/mol. The third-order valence-corrected chi connectivity index (χ3v) is 1.54. The minimum Gasteiger partial charge on any atom is -0.481 e. The Morgan fingerprint density at radius 3 is 2.50 bits per heavy atom. The largest absolute Gasteiger partial charge is 0.481 e. The van der Waals surface area contributed by atoms with Gasteiger partial charge < -0.3 is 10.2 Å². The fraction of sp³-hybridized carbons (Fsp3) is 0.833. The molecule has 0 radical (unpaired) electrons. The molecule has 0 rings (SSSR count). The van der Waals surface area contributed by atoms with Crippen LogP contribution in [0.15, 0.2) is 0 Å². The molecule has 0 saturated heterocycles. The van der Waals surface area contributed by atoms with Crippen LogP contribution in [0.4, 0.5) is 0 Å². The predicted octanol–water partition coefficient (Wildman–Crippen LogP) is 1.34. The third kappa shape index (κ3) is 7.91. The van der Waals surface area contributed by atoms with E-state index in [1.807, 2.05) is 0 Å². The summed E-state index contributed by atoms with van der Waals surface area (Å²) in [5, 5.41) is 16.4. The molecule has 3 nitrogen and oxygen atoms in total. The van der Waals surface area contributed by atoms with Gasteiger partial charge in [-0.15, -0.1) is 0 Å². The average molecular weight is 211 g/mol. The number of carboxylic acid groups (broad SMARTS) is 1.